The minimum atomic E-state index is -0.434. The standard InChI is InChI=1S/C16H22N2O4/c1-11-6-7-15(22-11)8-9-16(19)17-12(2)13-4-3-5-14(10-13)18(20)21/h3-5,10-12,15H,6-9H2,1-2H3,(H,17,19)/t11-,12-,15-/m1/s1. The van der Waals surface area contributed by atoms with Crippen LogP contribution in [-0.4, -0.2) is 23.0 Å². The Kier molecular flexibility index (Phi) is 5.49. The Bertz CT molecular complexity index is 547. The number of nitrogens with one attached hydrogen (secondary N) is 1. The highest BCUT2D eigenvalue weighted by Crippen LogP contribution is 2.23. The predicted molar refractivity (Wildman–Crippen MR) is 82.5 cm³/mol. The topological polar surface area (TPSA) is 81.5 Å². The van der Waals surface area contributed by atoms with Crippen molar-refractivity contribution in [3.63, 3.8) is 0 Å². The number of hydrogen-bond donors (Lipinski definition) is 1. The third kappa shape index (κ3) is 4.53. The van der Waals surface area contributed by atoms with Crippen molar-refractivity contribution in [2.75, 3.05) is 0 Å². The molecule has 0 saturated carbocycles. The second-order valence-corrected chi connectivity index (χ2v) is 5.83. The largest absolute Gasteiger partial charge is 0.375 e. The van der Waals surface area contributed by atoms with E-state index in [-0.39, 0.29) is 29.8 Å². The van der Waals surface area contributed by atoms with Crippen LogP contribution in [0.1, 0.15) is 51.1 Å². The van der Waals surface area contributed by atoms with Crippen LogP contribution in [0.25, 0.3) is 0 Å². The molecule has 6 nitrogen and oxygen atoms in total. The van der Waals surface area contributed by atoms with Gasteiger partial charge in [-0.25, -0.2) is 0 Å². The fourth-order valence-corrected chi connectivity index (χ4v) is 2.69. The molecule has 0 aliphatic carbocycles. The molecule has 2 rings (SSSR count). The minimum Gasteiger partial charge on any atom is -0.375 e. The van der Waals surface area contributed by atoms with Gasteiger partial charge >= 0.3 is 0 Å². The second-order valence-electron chi connectivity index (χ2n) is 5.83. The molecule has 1 heterocycles. The average Bonchev–Trinajstić information content (AvgIpc) is 2.91. The number of nitro benzene ring substituents is 1. The van der Waals surface area contributed by atoms with Gasteiger partial charge in [-0.1, -0.05) is 12.1 Å². The van der Waals surface area contributed by atoms with Crippen LogP contribution in [0.4, 0.5) is 5.69 Å². The molecule has 0 spiro atoms. The molecular weight excluding hydrogens is 284 g/mol. The Labute approximate surface area is 130 Å². The van der Waals surface area contributed by atoms with Crippen LogP contribution in [0.5, 0.6) is 0 Å². The first-order chi connectivity index (χ1) is 10.5. The van der Waals surface area contributed by atoms with E-state index in [1.54, 1.807) is 12.1 Å². The summed E-state index contributed by atoms with van der Waals surface area (Å²) in [5, 5.41) is 13.7. The number of nitro groups is 1. The van der Waals surface area contributed by atoms with E-state index in [9.17, 15) is 14.9 Å². The van der Waals surface area contributed by atoms with Crippen molar-refractivity contribution in [1.29, 1.82) is 0 Å². The molecule has 1 N–H and O–H groups in total. The van der Waals surface area contributed by atoms with E-state index in [0.717, 1.165) is 24.8 Å². The molecule has 1 aliphatic rings. The summed E-state index contributed by atoms with van der Waals surface area (Å²) >= 11 is 0. The maximum Gasteiger partial charge on any atom is 0.269 e. The minimum absolute atomic E-state index is 0.0342. The van der Waals surface area contributed by atoms with Crippen molar-refractivity contribution >= 4 is 11.6 Å². The molecule has 0 unspecified atom stereocenters. The number of rotatable bonds is 6. The third-order valence-corrected chi connectivity index (χ3v) is 3.97. The zero-order chi connectivity index (χ0) is 16.1. The molecule has 22 heavy (non-hydrogen) atoms. The van der Waals surface area contributed by atoms with Gasteiger partial charge in [-0.05, 0) is 38.7 Å². The lowest BCUT2D eigenvalue weighted by atomic mass is 10.1. The van der Waals surface area contributed by atoms with E-state index in [1.807, 2.05) is 13.8 Å². The second kappa shape index (κ2) is 7.35. The third-order valence-electron chi connectivity index (χ3n) is 3.97. The first-order valence-corrected chi connectivity index (χ1v) is 7.65. The van der Waals surface area contributed by atoms with Crippen LogP contribution in [0, 0.1) is 10.1 Å². The van der Waals surface area contributed by atoms with E-state index >= 15 is 0 Å². The molecule has 120 valence electrons. The monoisotopic (exact) mass is 306 g/mol. The zero-order valence-electron chi connectivity index (χ0n) is 13.0. The van der Waals surface area contributed by atoms with E-state index in [1.165, 1.54) is 12.1 Å². The lowest BCUT2D eigenvalue weighted by molar-refractivity contribution is -0.384. The van der Waals surface area contributed by atoms with Gasteiger partial charge in [0.2, 0.25) is 5.91 Å². The number of benzene rings is 1. The fraction of sp³-hybridized carbons (Fsp3) is 0.562. The summed E-state index contributed by atoms with van der Waals surface area (Å²) in [5.74, 6) is -0.0536. The lowest BCUT2D eigenvalue weighted by Gasteiger charge is -2.15. The molecule has 6 heteroatoms. The van der Waals surface area contributed by atoms with Crippen LogP contribution in [0.3, 0.4) is 0 Å². The number of carbonyl (C=O) groups excluding carboxylic acids is 1. The fourth-order valence-electron chi connectivity index (χ4n) is 2.69. The molecule has 0 aromatic heterocycles. The maximum atomic E-state index is 12.0. The van der Waals surface area contributed by atoms with Gasteiger partial charge in [0.25, 0.3) is 5.69 Å². The van der Waals surface area contributed by atoms with E-state index < -0.39 is 4.92 Å². The van der Waals surface area contributed by atoms with Gasteiger partial charge in [-0.15, -0.1) is 0 Å². The predicted octanol–water partition coefficient (Wildman–Crippen LogP) is 3.12. The maximum absolute atomic E-state index is 12.0. The van der Waals surface area contributed by atoms with E-state index in [4.69, 9.17) is 4.74 Å². The average molecular weight is 306 g/mol. The molecule has 1 amide bonds. The number of carbonyl (C=O) groups is 1. The van der Waals surface area contributed by atoms with E-state index in [2.05, 4.69) is 5.32 Å². The number of non-ortho nitro benzene ring substituents is 1. The van der Waals surface area contributed by atoms with Gasteiger partial charge in [0.05, 0.1) is 23.2 Å². The van der Waals surface area contributed by atoms with Gasteiger partial charge in [0, 0.05) is 18.6 Å². The SMILES string of the molecule is C[C@@H]1CC[C@H](CCC(=O)N[C@H](C)c2cccc([N+](=O)[O-])c2)O1. The van der Waals surface area contributed by atoms with Gasteiger partial charge in [-0.3, -0.25) is 14.9 Å². The van der Waals surface area contributed by atoms with Crippen LogP contribution < -0.4 is 5.32 Å². The Morgan fingerprint density at radius 3 is 2.91 bits per heavy atom. The summed E-state index contributed by atoms with van der Waals surface area (Å²) in [6.07, 6.45) is 3.66. The molecule has 1 fully saturated rings. The summed E-state index contributed by atoms with van der Waals surface area (Å²) in [7, 11) is 0. The van der Waals surface area contributed by atoms with Crippen LogP contribution in [0.15, 0.2) is 24.3 Å². The first kappa shape index (κ1) is 16.4. The summed E-state index contributed by atoms with van der Waals surface area (Å²) in [6.45, 7) is 3.87. The van der Waals surface area contributed by atoms with Crippen molar-refractivity contribution in [2.24, 2.45) is 0 Å². The molecular formula is C16H22N2O4. The molecule has 1 saturated heterocycles. The van der Waals surface area contributed by atoms with Gasteiger partial charge in [-0.2, -0.15) is 0 Å². The van der Waals surface area contributed by atoms with Crippen LogP contribution >= 0.6 is 0 Å². The molecule has 1 aromatic carbocycles. The number of ether oxygens (including phenoxy) is 1. The van der Waals surface area contributed by atoms with Gasteiger partial charge < -0.3 is 10.1 Å². The van der Waals surface area contributed by atoms with Crippen molar-refractivity contribution in [2.45, 2.75) is 57.8 Å². The highest BCUT2D eigenvalue weighted by molar-refractivity contribution is 5.76. The van der Waals surface area contributed by atoms with Crippen LogP contribution in [0.2, 0.25) is 0 Å². The molecule has 1 aliphatic heterocycles. The highest BCUT2D eigenvalue weighted by Gasteiger charge is 2.22. The molecule has 0 radical (unpaired) electrons. The van der Waals surface area contributed by atoms with Crippen molar-refractivity contribution < 1.29 is 14.5 Å². The number of amides is 1. The Hall–Kier alpha value is -1.95. The smallest absolute Gasteiger partial charge is 0.269 e. The summed E-state index contributed by atoms with van der Waals surface area (Å²) in [6, 6.07) is 6.09. The Morgan fingerprint density at radius 1 is 1.50 bits per heavy atom. The number of nitrogens with zero attached hydrogens (tertiary/aromatic N) is 1. The quantitative estimate of drug-likeness (QED) is 0.646. The molecule has 3 atom stereocenters. The van der Waals surface area contributed by atoms with Crippen molar-refractivity contribution in [3.05, 3.63) is 39.9 Å². The van der Waals surface area contributed by atoms with Crippen LogP contribution in [-0.2, 0) is 9.53 Å². The summed E-state index contributed by atoms with van der Waals surface area (Å²) < 4.78 is 5.69. The Balaban J connectivity index is 1.83. The van der Waals surface area contributed by atoms with E-state index in [0.29, 0.717) is 6.42 Å². The van der Waals surface area contributed by atoms with Gasteiger partial charge in [0.15, 0.2) is 0 Å². The highest BCUT2D eigenvalue weighted by atomic mass is 16.6. The molecule has 0 bridgehead atoms. The summed E-state index contributed by atoms with van der Waals surface area (Å²) in [5.41, 5.74) is 0.764. The van der Waals surface area contributed by atoms with Gasteiger partial charge in [0.1, 0.15) is 0 Å². The number of hydrogen-bond acceptors (Lipinski definition) is 4. The Morgan fingerprint density at radius 2 is 2.27 bits per heavy atom. The zero-order valence-corrected chi connectivity index (χ0v) is 13.0. The summed E-state index contributed by atoms with van der Waals surface area (Å²) in [4.78, 5) is 22.3. The normalized spacial score (nSPS) is 22.3. The van der Waals surface area contributed by atoms with Crippen molar-refractivity contribution in [3.8, 4) is 0 Å². The lowest BCUT2D eigenvalue weighted by Crippen LogP contribution is -2.27. The molecule has 1 aromatic rings. The first-order valence-electron chi connectivity index (χ1n) is 7.65. The van der Waals surface area contributed by atoms with Crippen molar-refractivity contribution in [1.82, 2.24) is 5.32 Å².